The van der Waals surface area contributed by atoms with Crippen LogP contribution in [0.2, 0.25) is 0 Å². The predicted molar refractivity (Wildman–Crippen MR) is 76.5 cm³/mol. The Bertz CT molecular complexity index is 250. The molecule has 0 saturated carbocycles. The van der Waals surface area contributed by atoms with Gasteiger partial charge < -0.3 is 4.74 Å². The summed E-state index contributed by atoms with van der Waals surface area (Å²) in [5, 5.41) is 0. The van der Waals surface area contributed by atoms with Crippen molar-refractivity contribution in [2.75, 3.05) is 6.61 Å². The molecule has 0 saturated heterocycles. The van der Waals surface area contributed by atoms with Gasteiger partial charge in [0.15, 0.2) is 0 Å². The van der Waals surface area contributed by atoms with Gasteiger partial charge in [0.1, 0.15) is 0 Å². The van der Waals surface area contributed by atoms with E-state index >= 15 is 0 Å². The minimum absolute atomic E-state index is 0.119. The van der Waals surface area contributed by atoms with E-state index in [1.165, 1.54) is 38.5 Å². The van der Waals surface area contributed by atoms with Crippen molar-refractivity contribution in [3.05, 3.63) is 17.9 Å². The van der Waals surface area contributed by atoms with Crippen LogP contribution in [-0.4, -0.2) is 12.6 Å². The number of ether oxygens (including phenoxy) is 1. The Morgan fingerprint density at radius 1 is 1.00 bits per heavy atom. The summed E-state index contributed by atoms with van der Waals surface area (Å²) in [5.74, 6) is -0.119. The van der Waals surface area contributed by atoms with E-state index in [1.54, 1.807) is 0 Å². The van der Waals surface area contributed by atoms with Crippen LogP contribution < -0.4 is 0 Å². The quantitative estimate of drug-likeness (QED) is 0.300. The molecule has 0 aliphatic rings. The van der Waals surface area contributed by atoms with Crippen LogP contribution in [0.3, 0.4) is 0 Å². The number of carbonyl (C=O) groups excluding carboxylic acids is 1. The molecule has 0 fully saturated rings. The minimum atomic E-state index is -0.119. The van der Waals surface area contributed by atoms with Gasteiger partial charge in [-0.15, -0.1) is 5.73 Å². The van der Waals surface area contributed by atoms with E-state index < -0.39 is 0 Å². The summed E-state index contributed by atoms with van der Waals surface area (Å²) in [6, 6.07) is 0. The lowest BCUT2D eigenvalue weighted by Crippen LogP contribution is -2.02. The number of hydrogen-bond acceptors (Lipinski definition) is 2. The van der Waals surface area contributed by atoms with E-state index in [0.29, 0.717) is 13.0 Å². The highest BCUT2D eigenvalue weighted by molar-refractivity contribution is 5.69. The van der Waals surface area contributed by atoms with Crippen molar-refractivity contribution in [2.24, 2.45) is 0 Å². The Morgan fingerprint density at radius 2 is 1.67 bits per heavy atom. The first kappa shape index (κ1) is 17.0. The van der Waals surface area contributed by atoms with Crippen LogP contribution in [-0.2, 0) is 9.53 Å². The Balaban J connectivity index is 3.33. The van der Waals surface area contributed by atoms with E-state index in [1.807, 2.05) is 13.0 Å². The Kier molecular flexibility index (Phi) is 13.3. The Hall–Kier alpha value is -1.01. The highest BCUT2D eigenvalue weighted by Gasteiger charge is 1.97. The first-order valence-corrected chi connectivity index (χ1v) is 7.36. The molecule has 2 nitrogen and oxygen atoms in total. The third kappa shape index (κ3) is 13.1. The number of esters is 1. The van der Waals surface area contributed by atoms with Crippen LogP contribution in [0.1, 0.15) is 71.6 Å². The van der Waals surface area contributed by atoms with Gasteiger partial charge in [0, 0.05) is 6.42 Å². The average molecular weight is 252 g/mol. The molecule has 0 aromatic heterocycles. The molecule has 0 N–H and O–H groups in total. The zero-order valence-electron chi connectivity index (χ0n) is 12.0. The summed E-state index contributed by atoms with van der Waals surface area (Å²) in [5.41, 5.74) is 3.13. The molecule has 0 aromatic rings. The molecule has 0 aliphatic heterocycles. The van der Waals surface area contributed by atoms with Crippen LogP contribution in [0, 0.1) is 0 Å². The monoisotopic (exact) mass is 252 g/mol. The molecular formula is C16H28O2. The second-order valence-corrected chi connectivity index (χ2v) is 4.48. The van der Waals surface area contributed by atoms with Gasteiger partial charge in [-0.05, 0) is 38.3 Å². The molecule has 0 unspecified atom stereocenters. The van der Waals surface area contributed by atoms with Crippen molar-refractivity contribution in [3.63, 3.8) is 0 Å². The number of rotatable bonds is 11. The molecule has 0 bridgehead atoms. The van der Waals surface area contributed by atoms with Crippen molar-refractivity contribution >= 4 is 5.97 Å². The van der Waals surface area contributed by atoms with E-state index in [-0.39, 0.29) is 5.97 Å². The summed E-state index contributed by atoms with van der Waals surface area (Å²) in [6.07, 6.45) is 14.3. The molecule has 0 aromatic carbocycles. The minimum Gasteiger partial charge on any atom is -0.466 e. The Labute approximate surface area is 112 Å². The maximum absolute atomic E-state index is 11.0. The second-order valence-electron chi connectivity index (χ2n) is 4.48. The summed E-state index contributed by atoms with van der Waals surface area (Å²) >= 11 is 0. The zero-order chi connectivity index (χ0) is 13.5. The van der Waals surface area contributed by atoms with Gasteiger partial charge in [-0.1, -0.05) is 39.0 Å². The topological polar surface area (TPSA) is 26.3 Å². The zero-order valence-corrected chi connectivity index (χ0v) is 12.0. The van der Waals surface area contributed by atoms with E-state index in [4.69, 9.17) is 4.74 Å². The fourth-order valence-corrected chi connectivity index (χ4v) is 1.70. The number of unbranched alkanes of at least 4 members (excludes halogenated alkanes) is 6. The third-order valence-electron chi connectivity index (χ3n) is 2.74. The SMILES string of the molecule is CCCCCCCCC=C=CCCC(=O)OCC. The molecule has 104 valence electrons. The molecule has 0 heterocycles. The number of carbonyl (C=O) groups is 1. The highest BCUT2D eigenvalue weighted by Crippen LogP contribution is 2.06. The first-order valence-electron chi connectivity index (χ1n) is 7.36. The molecule has 18 heavy (non-hydrogen) atoms. The largest absolute Gasteiger partial charge is 0.466 e. The lowest BCUT2D eigenvalue weighted by Gasteiger charge is -1.97. The summed E-state index contributed by atoms with van der Waals surface area (Å²) < 4.78 is 4.84. The fraction of sp³-hybridized carbons (Fsp3) is 0.750. The number of hydrogen-bond donors (Lipinski definition) is 0. The second kappa shape index (κ2) is 14.1. The van der Waals surface area contributed by atoms with E-state index in [0.717, 1.165) is 12.8 Å². The molecule has 0 rings (SSSR count). The van der Waals surface area contributed by atoms with Crippen molar-refractivity contribution < 1.29 is 9.53 Å². The molecule has 0 spiro atoms. The average Bonchev–Trinajstić information content (AvgIpc) is 2.36. The van der Waals surface area contributed by atoms with Crippen LogP contribution in [0.5, 0.6) is 0 Å². The van der Waals surface area contributed by atoms with Gasteiger partial charge in [0.25, 0.3) is 0 Å². The normalized spacial score (nSPS) is 9.67. The number of allylic oxidation sites excluding steroid dienone is 1. The van der Waals surface area contributed by atoms with Crippen molar-refractivity contribution in [1.82, 2.24) is 0 Å². The lowest BCUT2D eigenvalue weighted by molar-refractivity contribution is -0.142. The Morgan fingerprint density at radius 3 is 2.39 bits per heavy atom. The van der Waals surface area contributed by atoms with Crippen molar-refractivity contribution in [3.8, 4) is 0 Å². The smallest absolute Gasteiger partial charge is 0.306 e. The third-order valence-corrected chi connectivity index (χ3v) is 2.74. The van der Waals surface area contributed by atoms with Crippen LogP contribution in [0.4, 0.5) is 0 Å². The van der Waals surface area contributed by atoms with Crippen molar-refractivity contribution in [1.29, 1.82) is 0 Å². The first-order chi connectivity index (χ1) is 8.81. The summed E-state index contributed by atoms with van der Waals surface area (Å²) in [7, 11) is 0. The summed E-state index contributed by atoms with van der Waals surface area (Å²) in [4.78, 5) is 11.0. The predicted octanol–water partition coefficient (Wildman–Crippen LogP) is 4.79. The van der Waals surface area contributed by atoms with Gasteiger partial charge in [0.2, 0.25) is 0 Å². The van der Waals surface area contributed by atoms with Crippen LogP contribution in [0.15, 0.2) is 17.9 Å². The lowest BCUT2D eigenvalue weighted by atomic mass is 10.1. The molecule has 0 atom stereocenters. The van der Waals surface area contributed by atoms with Crippen LogP contribution >= 0.6 is 0 Å². The fourth-order valence-electron chi connectivity index (χ4n) is 1.70. The van der Waals surface area contributed by atoms with Gasteiger partial charge >= 0.3 is 5.97 Å². The van der Waals surface area contributed by atoms with Crippen molar-refractivity contribution in [2.45, 2.75) is 71.6 Å². The molecule has 0 aliphatic carbocycles. The van der Waals surface area contributed by atoms with E-state index in [9.17, 15) is 4.79 Å². The van der Waals surface area contributed by atoms with Gasteiger partial charge in [-0.2, -0.15) is 0 Å². The van der Waals surface area contributed by atoms with Gasteiger partial charge in [-0.3, -0.25) is 4.79 Å². The van der Waals surface area contributed by atoms with Gasteiger partial charge in [0.05, 0.1) is 6.61 Å². The molecule has 0 amide bonds. The molecule has 0 radical (unpaired) electrons. The highest BCUT2D eigenvalue weighted by atomic mass is 16.5. The standard InChI is InChI=1S/C16H28O2/c1-3-5-6-7-8-9-10-11-12-13-14-15-16(17)18-4-2/h11,13H,3-10,14-15H2,1-2H3. The van der Waals surface area contributed by atoms with Crippen LogP contribution in [0.25, 0.3) is 0 Å². The molecular weight excluding hydrogens is 224 g/mol. The summed E-state index contributed by atoms with van der Waals surface area (Å²) in [6.45, 7) is 4.54. The molecule has 2 heteroatoms. The maximum Gasteiger partial charge on any atom is 0.306 e. The maximum atomic E-state index is 11.0. The van der Waals surface area contributed by atoms with E-state index in [2.05, 4.69) is 18.7 Å². The van der Waals surface area contributed by atoms with Gasteiger partial charge in [-0.25, -0.2) is 0 Å².